The molecule has 152 valence electrons. The molecule has 4 heteroatoms. The first-order valence-corrected chi connectivity index (χ1v) is 10.6. The van der Waals surface area contributed by atoms with E-state index in [-0.39, 0.29) is 11.5 Å². The Morgan fingerprint density at radius 1 is 1.17 bits per heavy atom. The molecule has 0 bridgehead atoms. The first kappa shape index (κ1) is 21.0. The van der Waals surface area contributed by atoms with Gasteiger partial charge in [-0.15, -0.1) is 0 Å². The molecule has 1 fully saturated rings. The van der Waals surface area contributed by atoms with Gasteiger partial charge in [-0.05, 0) is 72.4 Å². The second kappa shape index (κ2) is 9.69. The molecule has 0 atom stereocenters. The van der Waals surface area contributed by atoms with Crippen molar-refractivity contribution in [3.05, 3.63) is 58.9 Å². The third-order valence-electron chi connectivity index (χ3n) is 6.21. The second-order valence-electron chi connectivity index (χ2n) is 8.09. The van der Waals surface area contributed by atoms with Crippen LogP contribution in [0.5, 0.6) is 0 Å². The number of carbonyl (C=O) groups is 1. The Kier molecular flexibility index (Phi) is 7.04. The van der Waals surface area contributed by atoms with Crippen molar-refractivity contribution in [2.75, 3.05) is 0 Å². The van der Waals surface area contributed by atoms with E-state index in [1.807, 2.05) is 12.1 Å². The van der Waals surface area contributed by atoms with Crippen molar-refractivity contribution in [2.24, 2.45) is 5.92 Å². The summed E-state index contributed by atoms with van der Waals surface area (Å²) in [5.41, 5.74) is 2.52. The Hall–Kier alpha value is -2.67. The smallest absolute Gasteiger partial charge is 0.335 e. The van der Waals surface area contributed by atoms with Crippen molar-refractivity contribution in [1.29, 1.82) is 5.26 Å². The monoisotopic (exact) mass is 393 g/mol. The fraction of sp³-hybridized carbons (Fsp3) is 0.440. The average Bonchev–Trinajstić information content (AvgIpc) is 2.74. The predicted molar refractivity (Wildman–Crippen MR) is 112 cm³/mol. The van der Waals surface area contributed by atoms with Crippen LogP contribution in [0.3, 0.4) is 0 Å². The van der Waals surface area contributed by atoms with Gasteiger partial charge in [-0.3, -0.25) is 0 Å². The molecule has 3 rings (SSSR count). The lowest BCUT2D eigenvalue weighted by Crippen LogP contribution is -2.17. The first-order valence-electron chi connectivity index (χ1n) is 10.6. The Bertz CT molecular complexity index is 908. The summed E-state index contributed by atoms with van der Waals surface area (Å²) in [6.45, 7) is 2.22. The summed E-state index contributed by atoms with van der Waals surface area (Å²) in [6.07, 6.45) is 9.19. The highest BCUT2D eigenvalue weighted by Crippen LogP contribution is 2.43. The van der Waals surface area contributed by atoms with Gasteiger partial charge in [0.2, 0.25) is 0 Å². The first-order chi connectivity index (χ1) is 14.0. The maximum atomic E-state index is 14.2. The molecule has 0 aliphatic heterocycles. The lowest BCUT2D eigenvalue weighted by molar-refractivity contribution is 0.0694. The lowest BCUT2D eigenvalue weighted by Gasteiger charge is -2.31. The van der Waals surface area contributed by atoms with Crippen molar-refractivity contribution < 1.29 is 14.3 Å². The van der Waals surface area contributed by atoms with E-state index in [4.69, 9.17) is 5.26 Å². The topological polar surface area (TPSA) is 61.1 Å². The number of carboxylic acids is 1. The maximum Gasteiger partial charge on any atom is 0.335 e. The number of nitriles is 1. The molecule has 0 saturated heterocycles. The quantitative estimate of drug-likeness (QED) is 0.520. The number of halogens is 1. The van der Waals surface area contributed by atoms with E-state index in [2.05, 4.69) is 6.92 Å². The maximum absolute atomic E-state index is 14.2. The molecule has 1 aliphatic carbocycles. The third-order valence-corrected chi connectivity index (χ3v) is 6.21. The van der Waals surface area contributed by atoms with Crippen LogP contribution < -0.4 is 0 Å². The standard InChI is InChI=1S/C25H28FNO2/c1-2-3-4-6-17-9-11-18(12-10-17)24-21(7-5-8-22(24)25(28)29)19-13-14-20(16-27)23(26)15-19/h5,7-8,13-15,17-18H,2-4,6,9-12H2,1H3,(H,28,29). The number of hydrogen-bond acceptors (Lipinski definition) is 2. The third kappa shape index (κ3) is 4.85. The molecule has 1 N–H and O–H groups in total. The van der Waals surface area contributed by atoms with Crippen molar-refractivity contribution in [3.63, 3.8) is 0 Å². The summed E-state index contributed by atoms with van der Waals surface area (Å²) in [7, 11) is 0. The van der Waals surface area contributed by atoms with Gasteiger partial charge in [-0.25, -0.2) is 9.18 Å². The number of hydrogen-bond donors (Lipinski definition) is 1. The molecule has 0 spiro atoms. The zero-order valence-corrected chi connectivity index (χ0v) is 17.0. The number of aromatic carboxylic acids is 1. The van der Waals surface area contributed by atoms with Gasteiger partial charge in [0.1, 0.15) is 11.9 Å². The van der Waals surface area contributed by atoms with Crippen LogP contribution in [0.1, 0.15) is 85.7 Å². The molecule has 1 saturated carbocycles. The minimum absolute atomic E-state index is 0.00252. The van der Waals surface area contributed by atoms with E-state index < -0.39 is 11.8 Å². The molecule has 0 amide bonds. The van der Waals surface area contributed by atoms with Crippen LogP contribution >= 0.6 is 0 Å². The van der Waals surface area contributed by atoms with Crippen LogP contribution in [0.2, 0.25) is 0 Å². The fourth-order valence-corrected chi connectivity index (χ4v) is 4.64. The van der Waals surface area contributed by atoms with E-state index in [0.717, 1.165) is 42.7 Å². The summed E-state index contributed by atoms with van der Waals surface area (Å²) in [4.78, 5) is 11.9. The zero-order chi connectivity index (χ0) is 20.8. The molecule has 0 radical (unpaired) electrons. The summed E-state index contributed by atoms with van der Waals surface area (Å²) in [5, 5.41) is 18.8. The number of rotatable bonds is 7. The van der Waals surface area contributed by atoms with Gasteiger partial charge in [0.15, 0.2) is 0 Å². The number of unbranched alkanes of at least 4 members (excludes halogenated alkanes) is 2. The van der Waals surface area contributed by atoms with Crippen LogP contribution in [0, 0.1) is 23.1 Å². The highest BCUT2D eigenvalue weighted by atomic mass is 19.1. The SMILES string of the molecule is CCCCCC1CCC(c2c(C(=O)O)cccc2-c2ccc(C#N)c(F)c2)CC1. The van der Waals surface area contributed by atoms with Crippen molar-refractivity contribution in [1.82, 2.24) is 0 Å². The Morgan fingerprint density at radius 3 is 2.55 bits per heavy atom. The van der Waals surface area contributed by atoms with Gasteiger partial charge in [0, 0.05) is 0 Å². The van der Waals surface area contributed by atoms with Gasteiger partial charge < -0.3 is 5.11 Å². The Labute approximate surface area is 172 Å². The van der Waals surface area contributed by atoms with Gasteiger partial charge in [0.05, 0.1) is 11.1 Å². The van der Waals surface area contributed by atoms with Gasteiger partial charge in [0.25, 0.3) is 0 Å². The van der Waals surface area contributed by atoms with Crippen molar-refractivity contribution in [3.8, 4) is 17.2 Å². The van der Waals surface area contributed by atoms with E-state index in [0.29, 0.717) is 11.1 Å². The predicted octanol–water partition coefficient (Wildman–Crippen LogP) is 6.92. The number of nitrogens with zero attached hydrogens (tertiary/aromatic N) is 1. The van der Waals surface area contributed by atoms with Gasteiger partial charge in [-0.1, -0.05) is 50.8 Å². The Morgan fingerprint density at radius 2 is 1.93 bits per heavy atom. The molecule has 1 aliphatic rings. The summed E-state index contributed by atoms with van der Waals surface area (Å²) in [6, 6.07) is 11.6. The van der Waals surface area contributed by atoms with Crippen molar-refractivity contribution >= 4 is 5.97 Å². The van der Waals surface area contributed by atoms with E-state index in [1.54, 1.807) is 18.2 Å². The largest absolute Gasteiger partial charge is 0.478 e. The normalized spacial score (nSPS) is 18.9. The van der Waals surface area contributed by atoms with Crippen LogP contribution in [-0.2, 0) is 0 Å². The van der Waals surface area contributed by atoms with E-state index in [9.17, 15) is 14.3 Å². The molecule has 3 nitrogen and oxygen atoms in total. The summed E-state index contributed by atoms with van der Waals surface area (Å²) >= 11 is 0. The molecule has 0 heterocycles. The number of carboxylic acid groups (broad SMARTS) is 1. The minimum atomic E-state index is -0.943. The summed E-state index contributed by atoms with van der Waals surface area (Å²) in [5.74, 6) is -0.624. The molecule has 2 aromatic carbocycles. The van der Waals surface area contributed by atoms with Crippen LogP contribution in [0.4, 0.5) is 4.39 Å². The second-order valence-corrected chi connectivity index (χ2v) is 8.09. The molecule has 0 unspecified atom stereocenters. The molecular weight excluding hydrogens is 365 g/mol. The molecule has 29 heavy (non-hydrogen) atoms. The number of benzene rings is 2. The summed E-state index contributed by atoms with van der Waals surface area (Å²) < 4.78 is 14.2. The average molecular weight is 394 g/mol. The molecular formula is C25H28FNO2. The van der Waals surface area contributed by atoms with E-state index in [1.165, 1.54) is 37.8 Å². The van der Waals surface area contributed by atoms with Crippen molar-refractivity contribution in [2.45, 2.75) is 64.2 Å². The molecule has 2 aromatic rings. The Balaban J connectivity index is 1.91. The lowest BCUT2D eigenvalue weighted by atomic mass is 9.74. The van der Waals surface area contributed by atoms with E-state index >= 15 is 0 Å². The van der Waals surface area contributed by atoms with Gasteiger partial charge >= 0.3 is 5.97 Å². The van der Waals surface area contributed by atoms with Gasteiger partial charge in [-0.2, -0.15) is 5.26 Å². The fourth-order valence-electron chi connectivity index (χ4n) is 4.64. The molecule has 0 aromatic heterocycles. The minimum Gasteiger partial charge on any atom is -0.478 e. The highest BCUT2D eigenvalue weighted by molar-refractivity contribution is 5.92. The highest BCUT2D eigenvalue weighted by Gasteiger charge is 2.28. The van der Waals surface area contributed by atoms with Crippen LogP contribution in [0.25, 0.3) is 11.1 Å². The van der Waals surface area contributed by atoms with Crippen LogP contribution in [-0.4, -0.2) is 11.1 Å². The zero-order valence-electron chi connectivity index (χ0n) is 17.0. The van der Waals surface area contributed by atoms with Crippen LogP contribution in [0.15, 0.2) is 36.4 Å².